The number of hydrogen-bond acceptors (Lipinski definition) is 4. The van der Waals surface area contributed by atoms with Crippen molar-refractivity contribution in [2.24, 2.45) is 11.3 Å². The monoisotopic (exact) mass is 348 g/mol. The molecule has 3 fully saturated rings. The lowest BCUT2D eigenvalue weighted by molar-refractivity contribution is -0.146. The first-order valence-corrected chi connectivity index (χ1v) is 9.63. The maximum absolute atomic E-state index is 13.3. The molecule has 0 aliphatic carbocycles. The molecular weight excluding hydrogens is 324 g/mol. The van der Waals surface area contributed by atoms with Gasteiger partial charge in [0.05, 0.1) is 18.6 Å². The van der Waals surface area contributed by atoms with Gasteiger partial charge in [0.15, 0.2) is 0 Å². The second kappa shape index (κ2) is 6.15. The van der Waals surface area contributed by atoms with Crippen molar-refractivity contribution >= 4 is 23.2 Å². The summed E-state index contributed by atoms with van der Waals surface area (Å²) in [5, 5.41) is 2.02. The van der Waals surface area contributed by atoms with Gasteiger partial charge in [-0.05, 0) is 30.7 Å². The Balaban J connectivity index is 1.55. The van der Waals surface area contributed by atoms with Crippen molar-refractivity contribution in [3.63, 3.8) is 0 Å². The van der Waals surface area contributed by atoms with Gasteiger partial charge in [0.2, 0.25) is 11.8 Å². The molecule has 3 atom stereocenters. The molecule has 3 saturated heterocycles. The summed E-state index contributed by atoms with van der Waals surface area (Å²) in [6.45, 7) is 3.25. The minimum absolute atomic E-state index is 0.116. The van der Waals surface area contributed by atoms with E-state index >= 15 is 0 Å². The van der Waals surface area contributed by atoms with Gasteiger partial charge in [-0.1, -0.05) is 6.07 Å². The number of thiophene rings is 1. The molecule has 24 heavy (non-hydrogen) atoms. The van der Waals surface area contributed by atoms with E-state index in [1.807, 2.05) is 29.5 Å². The first kappa shape index (κ1) is 16.1. The van der Waals surface area contributed by atoms with Crippen LogP contribution in [0.4, 0.5) is 0 Å². The van der Waals surface area contributed by atoms with E-state index in [0.29, 0.717) is 12.8 Å². The molecule has 0 saturated carbocycles. The smallest absolute Gasteiger partial charge is 0.228 e. The Hall–Kier alpha value is -1.40. The summed E-state index contributed by atoms with van der Waals surface area (Å²) < 4.78 is 5.58. The second-order valence-electron chi connectivity index (χ2n) is 7.42. The zero-order chi connectivity index (χ0) is 16.7. The molecule has 130 valence electrons. The van der Waals surface area contributed by atoms with Gasteiger partial charge in [0.25, 0.3) is 0 Å². The van der Waals surface area contributed by atoms with Crippen molar-refractivity contribution in [1.82, 2.24) is 9.80 Å². The largest absolute Gasteiger partial charge is 0.381 e. The number of ether oxygens (including phenoxy) is 1. The molecule has 0 unspecified atom stereocenters. The number of hydrogen-bond donors (Lipinski definition) is 0. The van der Waals surface area contributed by atoms with Crippen LogP contribution in [0, 0.1) is 11.3 Å². The van der Waals surface area contributed by atoms with E-state index in [2.05, 4.69) is 0 Å². The van der Waals surface area contributed by atoms with E-state index in [4.69, 9.17) is 4.74 Å². The van der Waals surface area contributed by atoms with Gasteiger partial charge in [-0.2, -0.15) is 0 Å². The van der Waals surface area contributed by atoms with Crippen LogP contribution in [0.25, 0.3) is 0 Å². The normalized spacial score (nSPS) is 33.6. The maximum atomic E-state index is 13.3. The molecule has 4 heterocycles. The van der Waals surface area contributed by atoms with Gasteiger partial charge < -0.3 is 14.5 Å². The number of piperidine rings is 1. The average molecular weight is 348 g/mol. The first-order chi connectivity index (χ1) is 11.6. The van der Waals surface area contributed by atoms with Crippen LogP contribution in [-0.2, 0) is 14.3 Å². The summed E-state index contributed by atoms with van der Waals surface area (Å²) in [7, 11) is 1.84. The quantitative estimate of drug-likeness (QED) is 0.824. The Morgan fingerprint density at radius 2 is 2.29 bits per heavy atom. The third-order valence-corrected chi connectivity index (χ3v) is 6.89. The van der Waals surface area contributed by atoms with Crippen molar-refractivity contribution in [2.45, 2.75) is 31.7 Å². The lowest BCUT2D eigenvalue weighted by atomic mass is 9.85. The predicted octanol–water partition coefficient (Wildman–Crippen LogP) is 2.30. The van der Waals surface area contributed by atoms with Crippen molar-refractivity contribution in [3.05, 3.63) is 22.4 Å². The average Bonchev–Trinajstić information content (AvgIpc) is 3.33. The highest BCUT2D eigenvalue weighted by Gasteiger charge is 2.47. The molecular formula is C18H24N2O3S. The summed E-state index contributed by atoms with van der Waals surface area (Å²) in [5.41, 5.74) is 0.185. The fraction of sp³-hybridized carbons (Fsp3) is 0.667. The SMILES string of the molecule is CN1C(=O)CC[C@H](C(=O)N2CC[C@]3(CCOC3)C2)[C@H]1c1cccs1. The summed E-state index contributed by atoms with van der Waals surface area (Å²) in [5.74, 6) is 0.236. The van der Waals surface area contributed by atoms with Crippen LogP contribution < -0.4 is 0 Å². The van der Waals surface area contributed by atoms with Crippen LogP contribution in [-0.4, -0.2) is 55.0 Å². The van der Waals surface area contributed by atoms with Crippen LogP contribution in [0.2, 0.25) is 0 Å². The highest BCUT2D eigenvalue weighted by atomic mass is 32.1. The fourth-order valence-electron chi connectivity index (χ4n) is 4.47. The van der Waals surface area contributed by atoms with Gasteiger partial charge in [-0.15, -0.1) is 11.3 Å². The maximum Gasteiger partial charge on any atom is 0.228 e. The minimum atomic E-state index is -0.121. The number of carbonyl (C=O) groups is 2. The summed E-state index contributed by atoms with van der Waals surface area (Å²) in [6.07, 6.45) is 3.24. The number of carbonyl (C=O) groups excluding carboxylic acids is 2. The van der Waals surface area contributed by atoms with E-state index in [-0.39, 0.29) is 29.2 Å². The van der Waals surface area contributed by atoms with Crippen LogP contribution in [0.5, 0.6) is 0 Å². The number of amides is 2. The van der Waals surface area contributed by atoms with Crippen LogP contribution in [0.1, 0.15) is 36.6 Å². The minimum Gasteiger partial charge on any atom is -0.381 e. The van der Waals surface area contributed by atoms with E-state index in [1.165, 1.54) is 0 Å². The highest BCUT2D eigenvalue weighted by molar-refractivity contribution is 7.10. The molecule has 1 spiro atoms. The highest BCUT2D eigenvalue weighted by Crippen LogP contribution is 2.42. The van der Waals surface area contributed by atoms with Gasteiger partial charge in [0, 0.05) is 43.5 Å². The van der Waals surface area contributed by atoms with Gasteiger partial charge in [0.1, 0.15) is 0 Å². The molecule has 3 aliphatic heterocycles. The van der Waals surface area contributed by atoms with Crippen LogP contribution in [0.3, 0.4) is 0 Å². The Bertz CT molecular complexity index is 624. The van der Waals surface area contributed by atoms with Crippen LogP contribution >= 0.6 is 11.3 Å². The third-order valence-electron chi connectivity index (χ3n) is 5.95. The zero-order valence-electron chi connectivity index (χ0n) is 14.1. The molecule has 6 heteroatoms. The van der Waals surface area contributed by atoms with E-state index in [9.17, 15) is 9.59 Å². The third kappa shape index (κ3) is 2.65. The Kier molecular flexibility index (Phi) is 4.12. The number of rotatable bonds is 2. The van der Waals surface area contributed by atoms with Crippen molar-refractivity contribution in [2.75, 3.05) is 33.4 Å². The van der Waals surface area contributed by atoms with Crippen molar-refractivity contribution in [1.29, 1.82) is 0 Å². The molecule has 0 N–H and O–H groups in total. The summed E-state index contributed by atoms with van der Waals surface area (Å²) in [6, 6.07) is 3.92. The molecule has 3 aliphatic rings. The van der Waals surface area contributed by atoms with Gasteiger partial charge >= 0.3 is 0 Å². The van der Waals surface area contributed by atoms with E-state index in [1.54, 1.807) is 16.2 Å². The molecule has 0 radical (unpaired) electrons. The lowest BCUT2D eigenvalue weighted by Crippen LogP contribution is -2.47. The van der Waals surface area contributed by atoms with E-state index < -0.39 is 0 Å². The van der Waals surface area contributed by atoms with Crippen molar-refractivity contribution in [3.8, 4) is 0 Å². The van der Waals surface area contributed by atoms with Crippen LogP contribution in [0.15, 0.2) is 17.5 Å². The summed E-state index contributed by atoms with van der Waals surface area (Å²) >= 11 is 1.63. The van der Waals surface area contributed by atoms with Crippen molar-refractivity contribution < 1.29 is 14.3 Å². The van der Waals surface area contributed by atoms with Gasteiger partial charge in [-0.25, -0.2) is 0 Å². The summed E-state index contributed by atoms with van der Waals surface area (Å²) in [4.78, 5) is 30.4. The number of likely N-dealkylation sites (tertiary alicyclic amines) is 2. The standard InChI is InChI=1S/C18H24N2O3S/c1-19-15(21)5-4-13(16(19)14-3-2-10-24-14)17(22)20-8-6-18(11-20)7-9-23-12-18/h2-3,10,13,16H,4-9,11-12H2,1H3/t13-,16-,18-/m0/s1. The number of nitrogens with zero attached hydrogens (tertiary/aromatic N) is 2. The molecule has 4 rings (SSSR count). The van der Waals surface area contributed by atoms with E-state index in [0.717, 1.165) is 44.0 Å². The molecule has 1 aromatic heterocycles. The van der Waals surface area contributed by atoms with Gasteiger partial charge in [-0.3, -0.25) is 9.59 Å². The zero-order valence-corrected chi connectivity index (χ0v) is 14.9. The molecule has 0 bridgehead atoms. The Morgan fingerprint density at radius 3 is 3.00 bits per heavy atom. The Morgan fingerprint density at radius 1 is 1.42 bits per heavy atom. The molecule has 0 aromatic carbocycles. The first-order valence-electron chi connectivity index (χ1n) is 8.75. The molecule has 5 nitrogen and oxygen atoms in total. The topological polar surface area (TPSA) is 49.9 Å². The Labute approximate surface area is 146 Å². The molecule has 2 amide bonds. The fourth-order valence-corrected chi connectivity index (χ4v) is 5.41. The molecule has 1 aromatic rings. The lowest BCUT2D eigenvalue weighted by Gasteiger charge is -2.39. The predicted molar refractivity (Wildman–Crippen MR) is 91.6 cm³/mol. The second-order valence-corrected chi connectivity index (χ2v) is 8.40.